The molecule has 8 aliphatic rings. The first-order valence-corrected chi connectivity index (χ1v) is 51.4. The van der Waals surface area contributed by atoms with Crippen molar-refractivity contribution in [3.05, 3.63) is 497 Å². The quantitative estimate of drug-likeness (QED) is 0.134. The number of hydrogen-bond donors (Lipinski definition) is 0. The monoisotopic (exact) mass is 1840 g/mol. The maximum atomic E-state index is 8.60. The number of ether oxygens (including phenoxy) is 1. The Morgan fingerprint density at radius 3 is 0.861 bits per heavy atom. The molecule has 0 bridgehead atoms. The van der Waals surface area contributed by atoms with Crippen molar-refractivity contribution in [1.82, 2.24) is 0 Å². The Balaban J connectivity index is 0.787. The molecule has 4 aliphatic heterocycles. The number of hydrogen-bond acceptors (Lipinski definition) is 4. The number of anilines is 9. The van der Waals surface area contributed by atoms with Crippen LogP contribution >= 0.6 is 0 Å². The van der Waals surface area contributed by atoms with E-state index in [-0.39, 0.29) is 35.1 Å². The fourth-order valence-corrected chi connectivity index (χ4v) is 26.6. The Hall–Kier alpha value is -16.3. The first-order chi connectivity index (χ1) is 70.0. The molecule has 686 valence electrons. The van der Waals surface area contributed by atoms with Gasteiger partial charge < -0.3 is 19.4 Å². The first kappa shape index (κ1) is 85.7. The molecule has 144 heavy (non-hydrogen) atoms. The summed E-state index contributed by atoms with van der Waals surface area (Å²) < 4.78 is 8.60. The highest BCUT2D eigenvalue weighted by atomic mass is 16.5. The van der Waals surface area contributed by atoms with Gasteiger partial charge in [-0.1, -0.05) is 435 Å². The third-order valence-electron chi connectivity index (χ3n) is 33.1. The van der Waals surface area contributed by atoms with Crippen LogP contribution in [-0.4, -0.2) is 13.4 Å². The molecule has 2 spiro atoms. The van der Waals surface area contributed by atoms with Crippen molar-refractivity contribution in [3.63, 3.8) is 0 Å². The van der Waals surface area contributed by atoms with Gasteiger partial charge in [-0.25, -0.2) is 0 Å². The molecule has 0 N–H and O–H groups in total. The van der Waals surface area contributed by atoms with E-state index >= 15 is 0 Å². The lowest BCUT2D eigenvalue weighted by atomic mass is 9.30. The minimum absolute atomic E-state index is 0.198. The standard InChI is InChI=1S/C138H107B2N3O/c1-133(2,3)90-75-91(134(4,5)6)77-94(76-90)141-119-69-39-37-67-115(119)140-118-82-117-121(83-125(118)144-126-74-89(73-124(141)130(126)140)96-58-42-60-104-102-56-30-36-66-114(102)138(128(96)104)111-63-33-27-53-99(111)100-54-28-34-64-112(100)138)143(132-107(86-47-21-15-22-48-86)80-93(136(10,11)12)81-108(132)87-49-23-16-24-50-87)123-72-88(95-57-41-59-103-101-55-29-35-65-113(101)137(127(95)103)109-61-31-25-51-97(109)98-52-26-32-62-110(98)137)71-122-129(123)139(117)116-68-38-40-70-120(116)142(122)131-105(84-43-17-13-18-44-84)78-92(135(7,8)9)79-106(131)85-45-19-14-20-46-85/h13-83H,1-12H3. The van der Waals surface area contributed by atoms with Crippen LogP contribution in [0.4, 0.5) is 51.2 Å². The predicted molar refractivity (Wildman–Crippen MR) is 606 cm³/mol. The Bertz CT molecular complexity index is 8580. The molecule has 0 radical (unpaired) electrons. The number of nitrogens with zero attached hydrogens (tertiary/aromatic N) is 3. The van der Waals surface area contributed by atoms with Crippen molar-refractivity contribution in [1.29, 1.82) is 0 Å². The first-order valence-electron chi connectivity index (χ1n) is 51.4. The van der Waals surface area contributed by atoms with E-state index in [9.17, 15) is 0 Å². The summed E-state index contributed by atoms with van der Waals surface area (Å²) in [5.41, 5.74) is 53.7. The lowest BCUT2D eigenvalue weighted by molar-refractivity contribution is 0.488. The molecule has 0 fully saturated rings. The van der Waals surface area contributed by atoms with E-state index in [4.69, 9.17) is 4.74 Å². The van der Waals surface area contributed by atoms with Gasteiger partial charge in [-0.3, -0.25) is 0 Å². The Labute approximate surface area is 846 Å². The molecule has 0 aromatic heterocycles. The van der Waals surface area contributed by atoms with E-state index in [1.54, 1.807) is 0 Å². The second-order valence-electron chi connectivity index (χ2n) is 45.2. The zero-order chi connectivity index (χ0) is 97.1. The molecular weight excluding hydrogens is 1740 g/mol. The number of para-hydroxylation sites is 2. The van der Waals surface area contributed by atoms with Gasteiger partial charge in [0.15, 0.2) is 0 Å². The van der Waals surface area contributed by atoms with E-state index in [2.05, 4.69) is 528 Å². The highest BCUT2D eigenvalue weighted by molar-refractivity contribution is 7.02. The smallest absolute Gasteiger partial charge is 0.256 e. The summed E-state index contributed by atoms with van der Waals surface area (Å²) in [5, 5.41) is 0. The summed E-state index contributed by atoms with van der Waals surface area (Å²) in [6.45, 7) is 27.8. The normalized spacial score (nSPS) is 14.3. The fraction of sp³-hybridized carbons (Fsp3) is 0.130. The number of fused-ring (bicyclic) bond motifs is 28. The van der Waals surface area contributed by atoms with Gasteiger partial charge in [-0.05, 0) is 283 Å². The Morgan fingerprint density at radius 2 is 0.486 bits per heavy atom. The number of rotatable bonds is 9. The Morgan fingerprint density at radius 1 is 0.194 bits per heavy atom. The van der Waals surface area contributed by atoms with Crippen molar-refractivity contribution in [3.8, 4) is 123 Å². The average Bonchev–Trinajstić information content (AvgIpc) is 1.48. The van der Waals surface area contributed by atoms with Crippen LogP contribution in [0.1, 0.15) is 150 Å². The second kappa shape index (κ2) is 31.1. The molecule has 0 unspecified atom stereocenters. The molecule has 4 nitrogen and oxygen atoms in total. The van der Waals surface area contributed by atoms with Crippen molar-refractivity contribution in [2.24, 2.45) is 0 Å². The summed E-state index contributed by atoms with van der Waals surface area (Å²) in [5.74, 6) is 1.64. The summed E-state index contributed by atoms with van der Waals surface area (Å²) in [4.78, 5) is 8.17. The van der Waals surface area contributed by atoms with E-state index in [0.717, 1.165) is 129 Å². The van der Waals surface area contributed by atoms with Crippen LogP contribution in [0.15, 0.2) is 431 Å². The third-order valence-corrected chi connectivity index (χ3v) is 33.1. The van der Waals surface area contributed by atoms with E-state index in [0.29, 0.717) is 0 Å². The van der Waals surface area contributed by atoms with Crippen LogP contribution in [0.3, 0.4) is 0 Å². The molecule has 4 heterocycles. The van der Waals surface area contributed by atoms with Gasteiger partial charge in [0.25, 0.3) is 13.4 Å². The molecule has 0 saturated heterocycles. The average molecular weight is 1850 g/mol. The molecule has 20 aromatic carbocycles. The van der Waals surface area contributed by atoms with E-state index < -0.39 is 10.8 Å². The van der Waals surface area contributed by atoms with E-state index in [1.807, 2.05) is 0 Å². The molecular formula is C138H107B2N3O. The van der Waals surface area contributed by atoms with Crippen LogP contribution in [0.5, 0.6) is 11.5 Å². The van der Waals surface area contributed by atoms with Gasteiger partial charge in [0.05, 0.1) is 22.2 Å². The van der Waals surface area contributed by atoms with Crippen LogP contribution in [0.25, 0.3) is 111 Å². The van der Waals surface area contributed by atoms with Gasteiger partial charge in [0, 0.05) is 68.1 Å². The summed E-state index contributed by atoms with van der Waals surface area (Å²) in [6.07, 6.45) is 0. The van der Waals surface area contributed by atoms with Crippen molar-refractivity contribution >= 4 is 97.4 Å². The molecule has 0 amide bonds. The van der Waals surface area contributed by atoms with Crippen LogP contribution in [0.2, 0.25) is 0 Å². The maximum Gasteiger partial charge on any atom is 0.256 e. The van der Waals surface area contributed by atoms with Crippen LogP contribution in [0, 0.1) is 0 Å². The molecule has 0 atom stereocenters. The van der Waals surface area contributed by atoms with Crippen molar-refractivity contribution in [2.75, 3.05) is 14.7 Å². The molecule has 20 aromatic rings. The summed E-state index contributed by atoms with van der Waals surface area (Å²) in [6, 6.07) is 167. The SMILES string of the molecule is CC(C)(C)c1cc(N2c3ccccc3B3c4cc5c(cc4Oc4cc(-c6cccc7c6C6(c8ccccc8-c8ccccc86)c6ccccc6-7)cc2c43)N(c2c(-c3ccccc3)cc(C(C)(C)C)cc2-c2ccccc2)c2cc(-c3cccc4c3C3(c6ccccc6-c6ccccc63)c3ccccc3-4)cc3c2B5c2ccccc2N3c2c(-c3ccccc3)cc(C(C)(C)C)cc2-c2ccccc2)cc(C(C)(C)C)c1. The summed E-state index contributed by atoms with van der Waals surface area (Å²) in [7, 11) is 0. The molecule has 28 rings (SSSR count). The topological polar surface area (TPSA) is 19.0 Å². The maximum absolute atomic E-state index is 8.60. The lowest BCUT2D eigenvalue weighted by Gasteiger charge is -2.47. The Kier molecular flexibility index (Phi) is 18.5. The molecule has 0 saturated carbocycles. The molecule has 4 aliphatic carbocycles. The van der Waals surface area contributed by atoms with E-state index in [1.165, 1.54) is 144 Å². The van der Waals surface area contributed by atoms with Crippen LogP contribution in [-0.2, 0) is 32.5 Å². The van der Waals surface area contributed by atoms with Gasteiger partial charge in [-0.15, -0.1) is 0 Å². The molecule has 6 heteroatoms. The van der Waals surface area contributed by atoms with Gasteiger partial charge in [0.1, 0.15) is 11.5 Å². The van der Waals surface area contributed by atoms with Gasteiger partial charge in [-0.2, -0.15) is 0 Å². The largest absolute Gasteiger partial charge is 0.458 e. The van der Waals surface area contributed by atoms with Crippen molar-refractivity contribution in [2.45, 2.75) is 116 Å². The van der Waals surface area contributed by atoms with Crippen molar-refractivity contribution < 1.29 is 4.74 Å². The number of benzene rings is 20. The lowest BCUT2D eigenvalue weighted by Crippen LogP contribution is -2.64. The fourth-order valence-electron chi connectivity index (χ4n) is 26.6. The second-order valence-corrected chi connectivity index (χ2v) is 45.2. The summed E-state index contributed by atoms with van der Waals surface area (Å²) >= 11 is 0. The minimum atomic E-state index is -0.717. The third kappa shape index (κ3) is 12.2. The predicted octanol–water partition coefficient (Wildman–Crippen LogP) is 32.1. The highest BCUT2D eigenvalue weighted by Gasteiger charge is 2.57. The zero-order valence-electron chi connectivity index (χ0n) is 83.4. The minimum Gasteiger partial charge on any atom is -0.458 e. The van der Waals surface area contributed by atoms with Crippen LogP contribution < -0.4 is 52.2 Å². The zero-order valence-corrected chi connectivity index (χ0v) is 83.4. The highest BCUT2D eigenvalue weighted by Crippen LogP contribution is 2.69. The van der Waals surface area contributed by atoms with Gasteiger partial charge >= 0.3 is 0 Å². The van der Waals surface area contributed by atoms with Gasteiger partial charge in [0.2, 0.25) is 0 Å².